The first-order valence-corrected chi connectivity index (χ1v) is 8.87. The molecule has 2 N–H and O–H groups in total. The van der Waals surface area contributed by atoms with Crippen LogP contribution in [0, 0.1) is 5.92 Å². The number of hydrogen-bond donors (Lipinski definition) is 2. The predicted octanol–water partition coefficient (Wildman–Crippen LogP) is 2.81. The van der Waals surface area contributed by atoms with Crippen LogP contribution in [0.25, 0.3) is 0 Å². The molecule has 0 saturated heterocycles. The van der Waals surface area contributed by atoms with Gasteiger partial charge in [0.25, 0.3) is 0 Å². The lowest BCUT2D eigenvalue weighted by molar-refractivity contribution is -0.116. The Balaban J connectivity index is 2.70. The summed E-state index contributed by atoms with van der Waals surface area (Å²) in [6, 6.07) is 6.54. The van der Waals surface area contributed by atoms with E-state index in [1.54, 1.807) is 31.2 Å². The summed E-state index contributed by atoms with van der Waals surface area (Å²) < 4.78 is 25.3. The number of alkyl halides is 1. The Morgan fingerprint density at radius 1 is 1.20 bits per heavy atom. The minimum absolute atomic E-state index is 0.0190. The highest BCUT2D eigenvalue weighted by Crippen LogP contribution is 2.18. The van der Waals surface area contributed by atoms with Gasteiger partial charge in [0.15, 0.2) is 0 Å². The summed E-state index contributed by atoms with van der Waals surface area (Å²) in [7, 11) is -3.28. The van der Waals surface area contributed by atoms with Crippen molar-refractivity contribution in [1.82, 2.24) is 0 Å². The van der Waals surface area contributed by atoms with Crippen LogP contribution in [0.15, 0.2) is 24.3 Å². The second-order valence-corrected chi connectivity index (χ2v) is 7.72. The molecule has 20 heavy (non-hydrogen) atoms. The zero-order chi connectivity index (χ0) is 15.3. The molecule has 1 rings (SSSR count). The molecule has 0 fully saturated rings. The lowest BCUT2D eigenvalue weighted by Crippen LogP contribution is -2.26. The predicted molar refractivity (Wildman–Crippen MR) is 85.7 cm³/mol. The molecule has 0 bridgehead atoms. The van der Waals surface area contributed by atoms with Crippen LogP contribution < -0.4 is 10.0 Å². The molecular weight excluding hydrogens is 344 g/mol. The Morgan fingerprint density at radius 2 is 1.70 bits per heavy atom. The molecule has 1 atom stereocenters. The minimum atomic E-state index is -3.28. The van der Waals surface area contributed by atoms with Crippen LogP contribution >= 0.6 is 15.9 Å². The van der Waals surface area contributed by atoms with E-state index in [0.29, 0.717) is 11.4 Å². The standard InChI is InChI=1S/C13H19BrN2O3S/c1-4-20(18,19)16-11-7-5-10(6-8-11)15-13(17)12(14)9(2)3/h5-9,12,16H,4H2,1-3H3,(H,15,17). The number of carbonyl (C=O) groups excluding carboxylic acids is 1. The van der Waals surface area contributed by atoms with Crippen molar-refractivity contribution in [2.75, 3.05) is 15.8 Å². The van der Waals surface area contributed by atoms with Gasteiger partial charge in [0, 0.05) is 11.4 Å². The summed E-state index contributed by atoms with van der Waals surface area (Å²) >= 11 is 3.32. The van der Waals surface area contributed by atoms with Gasteiger partial charge in [-0.1, -0.05) is 29.8 Å². The van der Waals surface area contributed by atoms with E-state index >= 15 is 0 Å². The van der Waals surface area contributed by atoms with Crippen molar-refractivity contribution < 1.29 is 13.2 Å². The van der Waals surface area contributed by atoms with Gasteiger partial charge in [0.1, 0.15) is 0 Å². The molecule has 0 saturated carbocycles. The maximum Gasteiger partial charge on any atom is 0.238 e. The van der Waals surface area contributed by atoms with E-state index in [1.807, 2.05) is 13.8 Å². The first kappa shape index (κ1) is 17.0. The minimum Gasteiger partial charge on any atom is -0.325 e. The molecule has 0 radical (unpaired) electrons. The number of rotatable bonds is 6. The Morgan fingerprint density at radius 3 is 2.15 bits per heavy atom. The third kappa shape index (κ3) is 5.13. The summed E-state index contributed by atoms with van der Waals surface area (Å²) in [5.74, 6) is 0.0815. The first-order chi connectivity index (χ1) is 9.25. The van der Waals surface area contributed by atoms with Crippen molar-refractivity contribution in [1.29, 1.82) is 0 Å². The SMILES string of the molecule is CCS(=O)(=O)Nc1ccc(NC(=O)C(Br)C(C)C)cc1. The summed E-state index contributed by atoms with van der Waals surface area (Å²) in [6.07, 6.45) is 0. The molecule has 1 aromatic rings. The second-order valence-electron chi connectivity index (χ2n) is 4.72. The number of nitrogens with one attached hydrogen (secondary N) is 2. The molecule has 0 aliphatic rings. The topological polar surface area (TPSA) is 75.3 Å². The maximum atomic E-state index is 11.8. The van der Waals surface area contributed by atoms with Gasteiger partial charge in [-0.2, -0.15) is 0 Å². The lowest BCUT2D eigenvalue weighted by atomic mass is 10.1. The van der Waals surface area contributed by atoms with Gasteiger partial charge in [0.2, 0.25) is 15.9 Å². The summed E-state index contributed by atoms with van der Waals surface area (Å²) in [6.45, 7) is 5.46. The normalized spacial score (nSPS) is 13.1. The monoisotopic (exact) mass is 362 g/mol. The van der Waals surface area contributed by atoms with Gasteiger partial charge in [-0.3, -0.25) is 9.52 Å². The van der Waals surface area contributed by atoms with E-state index < -0.39 is 10.0 Å². The lowest BCUT2D eigenvalue weighted by Gasteiger charge is -2.14. The highest BCUT2D eigenvalue weighted by Gasteiger charge is 2.18. The molecule has 1 unspecified atom stereocenters. The number of carbonyl (C=O) groups is 1. The Labute approximate surface area is 128 Å². The summed E-state index contributed by atoms with van der Waals surface area (Å²) in [5, 5.41) is 2.76. The zero-order valence-electron chi connectivity index (χ0n) is 11.7. The molecule has 1 amide bonds. The van der Waals surface area contributed by atoms with Crippen molar-refractivity contribution in [3.05, 3.63) is 24.3 Å². The fraction of sp³-hybridized carbons (Fsp3) is 0.462. The number of hydrogen-bond acceptors (Lipinski definition) is 3. The van der Waals surface area contributed by atoms with Crippen LogP contribution in [0.2, 0.25) is 0 Å². The van der Waals surface area contributed by atoms with Crippen molar-refractivity contribution in [2.24, 2.45) is 5.92 Å². The number of amides is 1. The summed E-state index contributed by atoms with van der Waals surface area (Å²) in [5.41, 5.74) is 1.10. The van der Waals surface area contributed by atoms with Gasteiger partial charge in [-0.05, 0) is 37.1 Å². The Bertz CT molecular complexity index is 555. The molecule has 7 heteroatoms. The van der Waals surface area contributed by atoms with E-state index in [-0.39, 0.29) is 22.4 Å². The van der Waals surface area contributed by atoms with Crippen LogP contribution in [0.4, 0.5) is 11.4 Å². The van der Waals surface area contributed by atoms with Gasteiger partial charge in [-0.15, -0.1) is 0 Å². The van der Waals surface area contributed by atoms with E-state index in [9.17, 15) is 13.2 Å². The molecule has 0 aliphatic heterocycles. The number of anilines is 2. The molecule has 0 aromatic heterocycles. The highest BCUT2D eigenvalue weighted by molar-refractivity contribution is 9.10. The third-order valence-electron chi connectivity index (χ3n) is 2.64. The van der Waals surface area contributed by atoms with E-state index in [2.05, 4.69) is 26.0 Å². The molecule has 1 aromatic carbocycles. The maximum absolute atomic E-state index is 11.8. The fourth-order valence-corrected chi connectivity index (χ4v) is 2.14. The van der Waals surface area contributed by atoms with Gasteiger partial charge < -0.3 is 5.32 Å². The molecular formula is C13H19BrN2O3S. The van der Waals surface area contributed by atoms with Gasteiger partial charge >= 0.3 is 0 Å². The third-order valence-corrected chi connectivity index (χ3v) is 5.42. The zero-order valence-corrected chi connectivity index (χ0v) is 14.1. The van der Waals surface area contributed by atoms with Crippen molar-refractivity contribution in [3.63, 3.8) is 0 Å². The smallest absolute Gasteiger partial charge is 0.238 e. The van der Waals surface area contributed by atoms with Crippen molar-refractivity contribution >= 4 is 43.2 Å². The van der Waals surface area contributed by atoms with Crippen LogP contribution in [0.5, 0.6) is 0 Å². The molecule has 112 valence electrons. The number of benzene rings is 1. The van der Waals surface area contributed by atoms with E-state index in [1.165, 1.54) is 0 Å². The van der Waals surface area contributed by atoms with E-state index in [4.69, 9.17) is 0 Å². The van der Waals surface area contributed by atoms with Gasteiger partial charge in [-0.25, -0.2) is 8.42 Å². The van der Waals surface area contributed by atoms with E-state index in [0.717, 1.165) is 0 Å². The van der Waals surface area contributed by atoms with Crippen LogP contribution in [-0.4, -0.2) is 24.9 Å². The highest BCUT2D eigenvalue weighted by atomic mass is 79.9. The average Bonchev–Trinajstić information content (AvgIpc) is 2.39. The first-order valence-electron chi connectivity index (χ1n) is 6.30. The molecule has 5 nitrogen and oxygen atoms in total. The van der Waals surface area contributed by atoms with Crippen LogP contribution in [0.1, 0.15) is 20.8 Å². The fourth-order valence-electron chi connectivity index (χ4n) is 1.39. The summed E-state index contributed by atoms with van der Waals surface area (Å²) in [4.78, 5) is 11.6. The largest absolute Gasteiger partial charge is 0.325 e. The number of sulfonamides is 1. The molecule has 0 spiro atoms. The Kier molecular flexibility index (Phi) is 6.01. The van der Waals surface area contributed by atoms with Crippen molar-refractivity contribution in [3.8, 4) is 0 Å². The Hall–Kier alpha value is -1.08. The molecule has 0 heterocycles. The number of halogens is 1. The average molecular weight is 363 g/mol. The van der Waals surface area contributed by atoms with Gasteiger partial charge in [0.05, 0.1) is 10.6 Å². The quantitative estimate of drug-likeness (QED) is 0.764. The van der Waals surface area contributed by atoms with Crippen LogP contribution in [-0.2, 0) is 14.8 Å². The van der Waals surface area contributed by atoms with Crippen molar-refractivity contribution in [2.45, 2.75) is 25.6 Å². The second kappa shape index (κ2) is 7.08. The van der Waals surface area contributed by atoms with Crippen LogP contribution in [0.3, 0.4) is 0 Å². The molecule has 0 aliphatic carbocycles.